The molecule has 5 heteroatoms. The molecule has 0 aliphatic carbocycles. The van der Waals surface area contributed by atoms with Crippen molar-refractivity contribution in [3.63, 3.8) is 0 Å². The number of hydrogen-bond acceptors (Lipinski definition) is 3. The van der Waals surface area contributed by atoms with E-state index >= 15 is 0 Å². The van der Waals surface area contributed by atoms with Gasteiger partial charge in [0.25, 0.3) is 0 Å². The second-order valence-electron chi connectivity index (χ2n) is 5.98. The summed E-state index contributed by atoms with van der Waals surface area (Å²) in [6.07, 6.45) is 0.0248. The summed E-state index contributed by atoms with van der Waals surface area (Å²) < 4.78 is 5.56. The molecule has 19 heavy (non-hydrogen) atoms. The van der Waals surface area contributed by atoms with Crippen LogP contribution >= 0.6 is 0 Å². The van der Waals surface area contributed by atoms with Crippen LogP contribution in [0.5, 0.6) is 0 Å². The van der Waals surface area contributed by atoms with Gasteiger partial charge in [0.15, 0.2) is 0 Å². The zero-order valence-electron chi connectivity index (χ0n) is 11.6. The first kappa shape index (κ1) is 13.6. The molecule has 1 amide bonds. The Kier molecular flexibility index (Phi) is 3.16. The zero-order valence-corrected chi connectivity index (χ0v) is 11.6. The van der Waals surface area contributed by atoms with Gasteiger partial charge in [-0.05, 0) is 39.8 Å². The van der Waals surface area contributed by atoms with Crippen LogP contribution in [0.15, 0.2) is 16.5 Å². The number of hydrogen-bond donors (Lipinski definition) is 1. The van der Waals surface area contributed by atoms with Gasteiger partial charge in [-0.1, -0.05) is 0 Å². The van der Waals surface area contributed by atoms with Gasteiger partial charge >= 0.3 is 5.97 Å². The Morgan fingerprint density at radius 2 is 2.05 bits per heavy atom. The van der Waals surface area contributed by atoms with Gasteiger partial charge in [-0.15, -0.1) is 0 Å². The molecule has 2 rings (SSSR count). The summed E-state index contributed by atoms with van der Waals surface area (Å²) in [4.78, 5) is 25.2. The average Bonchev–Trinajstić information content (AvgIpc) is 2.80. The fourth-order valence-corrected chi connectivity index (χ4v) is 2.68. The fourth-order valence-electron chi connectivity index (χ4n) is 2.68. The summed E-state index contributed by atoms with van der Waals surface area (Å²) in [5.74, 6) is -0.589. The molecule has 104 valence electrons. The van der Waals surface area contributed by atoms with E-state index in [1.54, 1.807) is 24.0 Å². The third-order valence-corrected chi connectivity index (χ3v) is 3.42. The lowest BCUT2D eigenvalue weighted by Crippen LogP contribution is -2.44. The number of carbonyl (C=O) groups is 2. The predicted octanol–water partition coefficient (Wildman–Crippen LogP) is 2.36. The maximum atomic E-state index is 12.1. The Labute approximate surface area is 112 Å². The highest BCUT2D eigenvalue weighted by atomic mass is 16.4. The van der Waals surface area contributed by atoms with Crippen molar-refractivity contribution < 1.29 is 19.1 Å². The van der Waals surface area contributed by atoms with E-state index in [0.29, 0.717) is 11.5 Å². The van der Waals surface area contributed by atoms with Gasteiger partial charge in [0, 0.05) is 12.0 Å². The first-order valence-corrected chi connectivity index (χ1v) is 6.33. The third-order valence-electron chi connectivity index (χ3n) is 3.42. The number of rotatable bonds is 2. The molecule has 2 heterocycles. The highest BCUT2D eigenvalue weighted by Crippen LogP contribution is 2.42. The molecule has 2 unspecified atom stereocenters. The van der Waals surface area contributed by atoms with Gasteiger partial charge in [-0.25, -0.2) is 0 Å². The highest BCUT2D eigenvalue weighted by molar-refractivity contribution is 5.87. The second-order valence-corrected chi connectivity index (χ2v) is 5.98. The second kappa shape index (κ2) is 4.40. The Balaban J connectivity index is 2.47. The molecule has 1 aromatic rings. The van der Waals surface area contributed by atoms with E-state index in [-0.39, 0.29) is 12.3 Å². The van der Waals surface area contributed by atoms with Crippen LogP contribution < -0.4 is 0 Å². The molecule has 0 aromatic carbocycles. The maximum absolute atomic E-state index is 12.1. The number of aliphatic carboxylic acids is 1. The molecule has 1 saturated heterocycles. The summed E-state index contributed by atoms with van der Waals surface area (Å²) in [6, 6.07) is 3.02. The number of likely N-dealkylation sites (tertiary alicyclic amines) is 1. The van der Waals surface area contributed by atoms with E-state index in [9.17, 15) is 14.7 Å². The molecule has 0 spiro atoms. The third kappa shape index (κ3) is 2.37. The van der Waals surface area contributed by atoms with E-state index in [0.717, 1.165) is 0 Å². The molecule has 5 nitrogen and oxygen atoms in total. The zero-order chi connectivity index (χ0) is 14.4. The minimum Gasteiger partial charge on any atom is -0.481 e. The normalized spacial score (nSPS) is 24.0. The number of carboxylic acid groups (broad SMARTS) is 1. The molecule has 1 aliphatic heterocycles. The summed E-state index contributed by atoms with van der Waals surface area (Å²) >= 11 is 0. The lowest BCUT2D eigenvalue weighted by molar-refractivity contribution is -0.143. The average molecular weight is 265 g/mol. The largest absolute Gasteiger partial charge is 0.481 e. The quantitative estimate of drug-likeness (QED) is 0.891. The summed E-state index contributed by atoms with van der Waals surface area (Å²) in [7, 11) is 0. The SMILES string of the molecule is Cc1ccc(C2C(C(=O)O)CC(=O)N2C(C)(C)C)o1. The van der Waals surface area contributed by atoms with E-state index in [1.807, 2.05) is 20.8 Å². The Hall–Kier alpha value is -1.78. The van der Waals surface area contributed by atoms with Crippen LogP contribution in [0.1, 0.15) is 44.8 Å². The predicted molar refractivity (Wildman–Crippen MR) is 68.5 cm³/mol. The van der Waals surface area contributed by atoms with Crippen molar-refractivity contribution in [1.82, 2.24) is 4.90 Å². The molecule has 1 aromatic heterocycles. The Morgan fingerprint density at radius 1 is 1.42 bits per heavy atom. The smallest absolute Gasteiger partial charge is 0.309 e. The summed E-state index contributed by atoms with van der Waals surface area (Å²) in [5.41, 5.74) is -0.438. The Morgan fingerprint density at radius 3 is 2.47 bits per heavy atom. The standard InChI is InChI=1S/C14H19NO4/c1-8-5-6-10(19-8)12-9(13(17)18)7-11(16)15(12)14(2,3)4/h5-6,9,12H,7H2,1-4H3,(H,17,18). The molecule has 1 N–H and O–H groups in total. The fraction of sp³-hybridized carbons (Fsp3) is 0.571. The molecule has 2 atom stereocenters. The maximum Gasteiger partial charge on any atom is 0.309 e. The van der Waals surface area contributed by atoms with Gasteiger partial charge in [-0.3, -0.25) is 9.59 Å². The van der Waals surface area contributed by atoms with Crippen LogP contribution in [0.25, 0.3) is 0 Å². The number of carbonyl (C=O) groups excluding carboxylic acids is 1. The molecular weight excluding hydrogens is 246 g/mol. The first-order valence-electron chi connectivity index (χ1n) is 6.33. The van der Waals surface area contributed by atoms with Gasteiger partial charge in [0.05, 0.1) is 5.92 Å². The molecule has 0 saturated carbocycles. The molecule has 0 radical (unpaired) electrons. The van der Waals surface area contributed by atoms with E-state index in [2.05, 4.69) is 0 Å². The van der Waals surface area contributed by atoms with E-state index in [4.69, 9.17) is 4.42 Å². The van der Waals surface area contributed by atoms with Gasteiger partial charge in [-0.2, -0.15) is 0 Å². The van der Waals surface area contributed by atoms with Crippen molar-refractivity contribution >= 4 is 11.9 Å². The Bertz CT molecular complexity index is 512. The van der Waals surface area contributed by atoms with E-state index < -0.39 is 23.5 Å². The lowest BCUT2D eigenvalue weighted by atomic mass is 9.96. The molecule has 1 fully saturated rings. The van der Waals surface area contributed by atoms with E-state index in [1.165, 1.54) is 0 Å². The monoisotopic (exact) mass is 265 g/mol. The van der Waals surface area contributed by atoms with Gasteiger partial charge in [0.1, 0.15) is 17.6 Å². The van der Waals surface area contributed by atoms with Crippen LogP contribution in [0.3, 0.4) is 0 Å². The minimum atomic E-state index is -0.959. The highest BCUT2D eigenvalue weighted by Gasteiger charge is 2.49. The first-order chi connectivity index (χ1) is 8.71. The van der Waals surface area contributed by atoms with Crippen LogP contribution in [0, 0.1) is 12.8 Å². The number of carboxylic acids is 1. The topological polar surface area (TPSA) is 70.8 Å². The van der Waals surface area contributed by atoms with Crippen molar-refractivity contribution in [1.29, 1.82) is 0 Å². The van der Waals surface area contributed by atoms with Crippen molar-refractivity contribution in [2.24, 2.45) is 5.92 Å². The van der Waals surface area contributed by atoms with Crippen LogP contribution in [0.2, 0.25) is 0 Å². The minimum absolute atomic E-state index is 0.0248. The van der Waals surface area contributed by atoms with Crippen LogP contribution in [-0.2, 0) is 9.59 Å². The summed E-state index contributed by atoms with van der Waals surface area (Å²) in [5, 5.41) is 9.33. The number of nitrogens with zero attached hydrogens (tertiary/aromatic N) is 1. The number of aryl methyl sites for hydroxylation is 1. The molecule has 0 bridgehead atoms. The van der Waals surface area contributed by atoms with Crippen molar-refractivity contribution in [2.75, 3.05) is 0 Å². The van der Waals surface area contributed by atoms with Gasteiger partial charge < -0.3 is 14.4 Å². The summed E-state index contributed by atoms with van der Waals surface area (Å²) in [6.45, 7) is 7.51. The van der Waals surface area contributed by atoms with Crippen molar-refractivity contribution in [3.8, 4) is 0 Å². The van der Waals surface area contributed by atoms with Gasteiger partial charge in [0.2, 0.25) is 5.91 Å². The molecule has 1 aliphatic rings. The molecular formula is C14H19NO4. The lowest BCUT2D eigenvalue weighted by Gasteiger charge is -2.37. The number of amides is 1. The van der Waals surface area contributed by atoms with Crippen molar-refractivity contribution in [2.45, 2.75) is 45.7 Å². The number of furan rings is 1. The van der Waals surface area contributed by atoms with Crippen LogP contribution in [-0.4, -0.2) is 27.4 Å². The van der Waals surface area contributed by atoms with Crippen LogP contribution in [0.4, 0.5) is 0 Å². The van der Waals surface area contributed by atoms with Crippen molar-refractivity contribution in [3.05, 3.63) is 23.7 Å².